The van der Waals surface area contributed by atoms with Gasteiger partial charge in [0.15, 0.2) is 0 Å². The van der Waals surface area contributed by atoms with Gasteiger partial charge in [0.2, 0.25) is 21.8 Å². The first-order valence-electron chi connectivity index (χ1n) is 5.16. The van der Waals surface area contributed by atoms with Crippen molar-refractivity contribution in [2.24, 2.45) is 11.5 Å². The van der Waals surface area contributed by atoms with Crippen molar-refractivity contribution in [2.45, 2.75) is 4.90 Å². The minimum absolute atomic E-state index is 0.102. The van der Waals surface area contributed by atoms with Gasteiger partial charge in [-0.3, -0.25) is 9.59 Å². The predicted molar refractivity (Wildman–Crippen MR) is 79.0 cm³/mol. The van der Waals surface area contributed by atoms with Crippen molar-refractivity contribution in [3.05, 3.63) is 27.1 Å². The smallest absolute Gasteiger partial charge is 0.245 e. The maximum Gasteiger partial charge on any atom is 0.245 e. The van der Waals surface area contributed by atoms with E-state index < -0.39 is 34.9 Å². The topological polar surface area (TPSA) is 124 Å². The molecule has 20 heavy (non-hydrogen) atoms. The van der Waals surface area contributed by atoms with Gasteiger partial charge >= 0.3 is 0 Å². The van der Waals surface area contributed by atoms with Crippen molar-refractivity contribution in [1.29, 1.82) is 0 Å². The minimum Gasteiger partial charge on any atom is -0.369 e. The summed E-state index contributed by atoms with van der Waals surface area (Å²) >= 11 is 6.26. The van der Waals surface area contributed by atoms with Crippen LogP contribution in [0.5, 0.6) is 0 Å². The number of hydrogen-bond donors (Lipinski definition) is 2. The number of hydrogen-bond acceptors (Lipinski definition) is 4. The van der Waals surface area contributed by atoms with Crippen LogP contribution >= 0.6 is 31.9 Å². The first kappa shape index (κ1) is 17.1. The first-order chi connectivity index (χ1) is 9.14. The minimum atomic E-state index is -4.09. The van der Waals surface area contributed by atoms with E-state index in [0.29, 0.717) is 13.3 Å². The highest BCUT2D eigenvalue weighted by molar-refractivity contribution is 9.11. The molecule has 10 heteroatoms. The van der Waals surface area contributed by atoms with Crippen LogP contribution in [-0.4, -0.2) is 37.6 Å². The highest BCUT2D eigenvalue weighted by Gasteiger charge is 2.29. The van der Waals surface area contributed by atoms with E-state index in [1.54, 1.807) is 6.07 Å². The Morgan fingerprint density at radius 2 is 1.60 bits per heavy atom. The lowest BCUT2D eigenvalue weighted by Gasteiger charge is -2.20. The molecule has 2 amide bonds. The molecule has 0 bridgehead atoms. The molecule has 0 fully saturated rings. The maximum atomic E-state index is 12.4. The molecule has 0 aromatic heterocycles. The third-order valence-electron chi connectivity index (χ3n) is 2.18. The Kier molecular flexibility index (Phi) is 5.68. The van der Waals surface area contributed by atoms with Crippen LogP contribution in [0.4, 0.5) is 0 Å². The molecule has 0 spiro atoms. The van der Waals surface area contributed by atoms with Crippen LogP contribution < -0.4 is 11.5 Å². The van der Waals surface area contributed by atoms with E-state index in [4.69, 9.17) is 11.5 Å². The third kappa shape index (κ3) is 4.27. The molecule has 0 atom stereocenters. The second-order valence-electron chi connectivity index (χ2n) is 3.78. The van der Waals surface area contributed by atoms with E-state index in [2.05, 4.69) is 31.9 Å². The fraction of sp³-hybridized carbons (Fsp3) is 0.200. The van der Waals surface area contributed by atoms with Gasteiger partial charge in [-0.2, -0.15) is 4.31 Å². The van der Waals surface area contributed by atoms with E-state index >= 15 is 0 Å². The second kappa shape index (κ2) is 6.66. The van der Waals surface area contributed by atoms with Gasteiger partial charge in [0.25, 0.3) is 0 Å². The highest BCUT2D eigenvalue weighted by atomic mass is 79.9. The Balaban J connectivity index is 3.31. The van der Waals surface area contributed by atoms with Crippen molar-refractivity contribution in [3.63, 3.8) is 0 Å². The molecular formula is C10H11Br2N3O4S. The summed E-state index contributed by atoms with van der Waals surface area (Å²) in [7, 11) is -4.09. The number of primary amides is 2. The largest absolute Gasteiger partial charge is 0.369 e. The first-order valence-corrected chi connectivity index (χ1v) is 8.19. The van der Waals surface area contributed by atoms with Crippen molar-refractivity contribution in [1.82, 2.24) is 4.31 Å². The summed E-state index contributed by atoms with van der Waals surface area (Å²) in [5.41, 5.74) is 9.99. The number of halogens is 2. The van der Waals surface area contributed by atoms with Crippen LogP contribution in [0.3, 0.4) is 0 Å². The zero-order chi connectivity index (χ0) is 15.5. The Hall–Kier alpha value is -0.970. The van der Waals surface area contributed by atoms with Crippen LogP contribution in [0.2, 0.25) is 0 Å². The number of carbonyl (C=O) groups excluding carboxylic acids is 2. The molecule has 0 radical (unpaired) electrons. The Labute approximate surface area is 132 Å². The Bertz CT molecular complexity index is 632. The molecule has 0 saturated carbocycles. The van der Waals surface area contributed by atoms with E-state index in [-0.39, 0.29) is 4.90 Å². The van der Waals surface area contributed by atoms with Crippen LogP contribution in [0.25, 0.3) is 0 Å². The fourth-order valence-electron chi connectivity index (χ4n) is 1.39. The lowest BCUT2D eigenvalue weighted by molar-refractivity contribution is -0.120. The lowest BCUT2D eigenvalue weighted by Crippen LogP contribution is -2.43. The van der Waals surface area contributed by atoms with Gasteiger partial charge in [0, 0.05) is 8.95 Å². The molecule has 110 valence electrons. The normalized spacial score (nSPS) is 11.6. The van der Waals surface area contributed by atoms with Gasteiger partial charge in [-0.15, -0.1) is 0 Å². The van der Waals surface area contributed by atoms with Crippen molar-refractivity contribution >= 4 is 53.7 Å². The molecule has 1 aromatic carbocycles. The zero-order valence-electron chi connectivity index (χ0n) is 10.0. The summed E-state index contributed by atoms with van der Waals surface area (Å²) in [5.74, 6) is -1.78. The second-order valence-corrected chi connectivity index (χ2v) is 7.46. The van der Waals surface area contributed by atoms with Crippen molar-refractivity contribution in [3.8, 4) is 0 Å². The molecule has 0 heterocycles. The molecular weight excluding hydrogens is 418 g/mol. The number of nitrogens with zero attached hydrogens (tertiary/aromatic N) is 1. The van der Waals surface area contributed by atoms with Crippen molar-refractivity contribution < 1.29 is 18.0 Å². The SMILES string of the molecule is NC(=O)CN(CC(N)=O)S(=O)(=O)c1cc(Br)ccc1Br. The summed E-state index contributed by atoms with van der Waals surface area (Å²) < 4.78 is 26.3. The van der Waals surface area contributed by atoms with Gasteiger partial charge < -0.3 is 11.5 Å². The molecule has 7 nitrogen and oxygen atoms in total. The average Bonchev–Trinajstić information content (AvgIpc) is 2.30. The monoisotopic (exact) mass is 427 g/mol. The third-order valence-corrected chi connectivity index (χ3v) is 5.45. The quantitative estimate of drug-likeness (QED) is 0.670. The molecule has 1 rings (SSSR count). The highest BCUT2D eigenvalue weighted by Crippen LogP contribution is 2.28. The summed E-state index contributed by atoms with van der Waals surface area (Å²) in [5, 5.41) is 0. The number of rotatable bonds is 6. The van der Waals surface area contributed by atoms with Crippen molar-refractivity contribution in [2.75, 3.05) is 13.1 Å². The predicted octanol–water partition coefficient (Wildman–Crippen LogP) is 0.173. The summed E-state index contributed by atoms with van der Waals surface area (Å²) in [6.07, 6.45) is 0. The number of carbonyl (C=O) groups is 2. The van der Waals surface area contributed by atoms with E-state index in [1.165, 1.54) is 12.1 Å². The lowest BCUT2D eigenvalue weighted by atomic mass is 10.4. The van der Waals surface area contributed by atoms with Crippen LogP contribution in [0.1, 0.15) is 0 Å². The summed E-state index contributed by atoms with van der Waals surface area (Å²) in [6.45, 7) is -1.27. The summed E-state index contributed by atoms with van der Waals surface area (Å²) in [4.78, 5) is 21.8. The van der Waals surface area contributed by atoms with Gasteiger partial charge in [0.05, 0.1) is 18.0 Å². The van der Waals surface area contributed by atoms with E-state index in [9.17, 15) is 18.0 Å². The van der Waals surface area contributed by atoms with E-state index in [1.807, 2.05) is 0 Å². The van der Waals surface area contributed by atoms with Crippen LogP contribution in [0.15, 0.2) is 32.0 Å². The average molecular weight is 429 g/mol. The van der Waals surface area contributed by atoms with E-state index in [0.717, 1.165) is 0 Å². The molecule has 0 saturated heterocycles. The molecule has 0 aliphatic carbocycles. The molecule has 0 aliphatic rings. The van der Waals surface area contributed by atoms with Gasteiger partial charge in [0.1, 0.15) is 0 Å². The van der Waals surface area contributed by atoms with Gasteiger partial charge in [-0.25, -0.2) is 8.42 Å². The Morgan fingerprint density at radius 3 is 2.05 bits per heavy atom. The van der Waals surface area contributed by atoms with Crippen LogP contribution in [-0.2, 0) is 19.6 Å². The number of benzene rings is 1. The molecule has 1 aromatic rings. The molecule has 4 N–H and O–H groups in total. The molecule has 0 unspecified atom stereocenters. The summed E-state index contributed by atoms with van der Waals surface area (Å²) in [6, 6.07) is 4.49. The fourth-order valence-corrected chi connectivity index (χ4v) is 4.22. The zero-order valence-corrected chi connectivity index (χ0v) is 14.0. The maximum absolute atomic E-state index is 12.4. The molecule has 0 aliphatic heterocycles. The number of amides is 2. The standard InChI is InChI=1S/C10H11Br2N3O4S/c11-6-1-2-7(12)8(3-6)20(18,19)15(4-9(13)16)5-10(14)17/h1-3H,4-5H2,(H2,13,16)(H2,14,17). The number of nitrogens with two attached hydrogens (primary N) is 2. The van der Waals surface area contributed by atoms with Crippen LogP contribution in [0, 0.1) is 0 Å². The number of sulfonamides is 1. The van der Waals surface area contributed by atoms with Gasteiger partial charge in [-0.1, -0.05) is 15.9 Å². The van der Waals surface area contributed by atoms with Gasteiger partial charge in [-0.05, 0) is 34.1 Å². The Morgan fingerprint density at radius 1 is 1.10 bits per heavy atom.